The third-order valence-corrected chi connectivity index (χ3v) is 2.80. The monoisotopic (exact) mass is 295 g/mol. The zero-order valence-corrected chi connectivity index (χ0v) is 12.9. The van der Waals surface area contributed by atoms with Crippen LogP contribution in [-0.4, -0.2) is 49.2 Å². The molecule has 0 aliphatic rings. The molecule has 0 aliphatic carbocycles. The van der Waals surface area contributed by atoms with Crippen LogP contribution in [0.15, 0.2) is 24.3 Å². The number of hydrogen-bond donors (Lipinski definition) is 3. The first-order valence-electron chi connectivity index (χ1n) is 7.06. The minimum atomic E-state index is -0.578. The van der Waals surface area contributed by atoms with E-state index in [9.17, 15) is 5.11 Å². The number of aliphatic hydroxyl groups excluding tert-OH is 2. The first-order chi connectivity index (χ1) is 10.1. The van der Waals surface area contributed by atoms with E-state index in [1.807, 2.05) is 26.0 Å². The molecule has 3 N–H and O–H groups in total. The number of rotatable bonds is 9. The van der Waals surface area contributed by atoms with E-state index in [-0.39, 0.29) is 13.2 Å². The highest BCUT2D eigenvalue weighted by Crippen LogP contribution is 2.28. The third kappa shape index (κ3) is 6.62. The highest BCUT2D eigenvalue weighted by atomic mass is 16.5. The first kappa shape index (κ1) is 17.5. The maximum absolute atomic E-state index is 9.83. The molecule has 0 saturated heterocycles. The predicted molar refractivity (Wildman–Crippen MR) is 83.8 cm³/mol. The Kier molecular flexibility index (Phi) is 7.82. The van der Waals surface area contributed by atoms with Gasteiger partial charge in [-0.1, -0.05) is 32.1 Å². The summed E-state index contributed by atoms with van der Waals surface area (Å²) < 4.78 is 10.9. The molecule has 1 rings (SSSR count). The van der Waals surface area contributed by atoms with Crippen LogP contribution in [0.4, 0.5) is 0 Å². The minimum Gasteiger partial charge on any atom is -0.493 e. The molecule has 1 aromatic carbocycles. The van der Waals surface area contributed by atoms with Gasteiger partial charge in [0.1, 0.15) is 12.7 Å². The molecule has 118 valence electrons. The largest absolute Gasteiger partial charge is 0.493 e. The molecule has 1 unspecified atom stereocenters. The van der Waals surface area contributed by atoms with Crippen molar-refractivity contribution in [1.82, 2.24) is 5.32 Å². The third-order valence-electron chi connectivity index (χ3n) is 2.80. The number of aliphatic hydroxyl groups is 2. The topological polar surface area (TPSA) is 71.0 Å². The number of benzene rings is 1. The molecule has 0 aromatic heterocycles. The Morgan fingerprint density at radius 2 is 2.05 bits per heavy atom. The van der Waals surface area contributed by atoms with E-state index in [0.29, 0.717) is 24.1 Å². The summed E-state index contributed by atoms with van der Waals surface area (Å²) in [6.07, 6.45) is 2.87. The van der Waals surface area contributed by atoms with E-state index in [4.69, 9.17) is 14.6 Å². The van der Waals surface area contributed by atoms with E-state index < -0.39 is 6.10 Å². The summed E-state index contributed by atoms with van der Waals surface area (Å²) in [5.74, 6) is 1.18. The molecule has 0 fully saturated rings. The van der Waals surface area contributed by atoms with Gasteiger partial charge in [-0.2, -0.15) is 0 Å². The van der Waals surface area contributed by atoms with Gasteiger partial charge >= 0.3 is 0 Å². The second-order valence-electron chi connectivity index (χ2n) is 5.02. The van der Waals surface area contributed by atoms with E-state index >= 15 is 0 Å². The molecule has 1 atom stereocenters. The van der Waals surface area contributed by atoms with Crippen molar-refractivity contribution in [1.29, 1.82) is 0 Å². The van der Waals surface area contributed by atoms with Gasteiger partial charge in [0.15, 0.2) is 11.5 Å². The van der Waals surface area contributed by atoms with Crippen molar-refractivity contribution < 1.29 is 19.7 Å². The van der Waals surface area contributed by atoms with Crippen LogP contribution in [0, 0.1) is 0 Å². The average Bonchev–Trinajstić information content (AvgIpc) is 2.49. The summed E-state index contributed by atoms with van der Waals surface area (Å²) >= 11 is 0. The lowest BCUT2D eigenvalue weighted by molar-refractivity contribution is 0.103. The van der Waals surface area contributed by atoms with E-state index in [1.54, 1.807) is 25.3 Å². The van der Waals surface area contributed by atoms with Gasteiger partial charge in [-0.05, 0) is 17.7 Å². The van der Waals surface area contributed by atoms with Crippen molar-refractivity contribution in [3.8, 4) is 11.5 Å². The Labute approximate surface area is 126 Å². The lowest BCUT2D eigenvalue weighted by Gasteiger charge is -2.16. The van der Waals surface area contributed by atoms with Crippen molar-refractivity contribution >= 4 is 6.08 Å². The Morgan fingerprint density at radius 3 is 2.67 bits per heavy atom. The fourth-order valence-electron chi connectivity index (χ4n) is 1.71. The minimum absolute atomic E-state index is 0.00435. The molecule has 0 bridgehead atoms. The molecule has 0 radical (unpaired) electrons. The Bertz CT molecular complexity index is 446. The molecule has 0 amide bonds. The summed E-state index contributed by atoms with van der Waals surface area (Å²) in [6.45, 7) is 4.72. The van der Waals surface area contributed by atoms with Crippen LogP contribution >= 0.6 is 0 Å². The molecule has 0 heterocycles. The molecule has 5 nitrogen and oxygen atoms in total. The van der Waals surface area contributed by atoms with Crippen molar-refractivity contribution in [2.24, 2.45) is 0 Å². The summed E-state index contributed by atoms with van der Waals surface area (Å²) in [5.41, 5.74) is 0.912. The molecular weight excluding hydrogens is 270 g/mol. The van der Waals surface area contributed by atoms with Crippen LogP contribution in [-0.2, 0) is 0 Å². The maximum atomic E-state index is 9.83. The van der Waals surface area contributed by atoms with Crippen LogP contribution in [0.5, 0.6) is 11.5 Å². The molecular formula is C16H25NO4. The fraction of sp³-hybridized carbons (Fsp3) is 0.500. The Hall–Kier alpha value is -1.56. The van der Waals surface area contributed by atoms with Crippen LogP contribution in [0.1, 0.15) is 19.4 Å². The van der Waals surface area contributed by atoms with Gasteiger partial charge in [0.25, 0.3) is 0 Å². The number of hydrogen-bond acceptors (Lipinski definition) is 5. The standard InChI is InChI=1S/C16H25NO4/c1-12(2)17-10-14(19)11-21-15-7-6-13(5-4-8-18)9-16(15)20-3/h4-7,9,12,14,17-19H,8,10-11H2,1-3H3/b5-4+. The SMILES string of the molecule is COc1cc(/C=C/CO)ccc1OCC(O)CNC(C)C. The quantitative estimate of drug-likeness (QED) is 0.643. The fourth-order valence-corrected chi connectivity index (χ4v) is 1.71. The second-order valence-corrected chi connectivity index (χ2v) is 5.02. The molecule has 0 saturated carbocycles. The van der Waals surface area contributed by atoms with Crippen molar-refractivity contribution in [3.63, 3.8) is 0 Å². The summed E-state index contributed by atoms with van der Waals surface area (Å²) in [5, 5.41) is 21.7. The summed E-state index contributed by atoms with van der Waals surface area (Å²) in [7, 11) is 1.57. The van der Waals surface area contributed by atoms with Gasteiger partial charge in [0, 0.05) is 12.6 Å². The molecule has 21 heavy (non-hydrogen) atoms. The molecule has 0 aliphatic heterocycles. The highest BCUT2D eigenvalue weighted by Gasteiger charge is 2.09. The maximum Gasteiger partial charge on any atom is 0.161 e. The summed E-state index contributed by atoms with van der Waals surface area (Å²) in [6, 6.07) is 5.80. The van der Waals surface area contributed by atoms with Crippen LogP contribution < -0.4 is 14.8 Å². The van der Waals surface area contributed by atoms with E-state index in [1.165, 1.54) is 0 Å². The smallest absolute Gasteiger partial charge is 0.161 e. The summed E-state index contributed by atoms with van der Waals surface area (Å²) in [4.78, 5) is 0. The van der Waals surface area contributed by atoms with Crippen molar-refractivity contribution in [2.75, 3.05) is 26.9 Å². The van der Waals surface area contributed by atoms with Crippen LogP contribution in [0.2, 0.25) is 0 Å². The van der Waals surface area contributed by atoms with Crippen LogP contribution in [0.3, 0.4) is 0 Å². The Balaban J connectivity index is 2.60. The zero-order valence-electron chi connectivity index (χ0n) is 12.9. The zero-order chi connectivity index (χ0) is 15.7. The molecule has 0 spiro atoms. The number of ether oxygens (including phenoxy) is 2. The molecule has 5 heteroatoms. The predicted octanol–water partition coefficient (Wildman–Crippen LogP) is 1.44. The normalized spacial score (nSPS) is 12.9. The van der Waals surface area contributed by atoms with Gasteiger partial charge in [0.2, 0.25) is 0 Å². The number of methoxy groups -OCH3 is 1. The Morgan fingerprint density at radius 1 is 1.29 bits per heavy atom. The van der Waals surface area contributed by atoms with E-state index in [2.05, 4.69) is 5.32 Å². The van der Waals surface area contributed by atoms with Gasteiger partial charge in [-0.25, -0.2) is 0 Å². The van der Waals surface area contributed by atoms with Gasteiger partial charge in [-0.3, -0.25) is 0 Å². The van der Waals surface area contributed by atoms with Gasteiger partial charge in [0.05, 0.1) is 13.7 Å². The second kappa shape index (κ2) is 9.39. The van der Waals surface area contributed by atoms with Gasteiger partial charge in [-0.15, -0.1) is 0 Å². The van der Waals surface area contributed by atoms with Crippen LogP contribution in [0.25, 0.3) is 6.08 Å². The molecule has 1 aromatic rings. The first-order valence-corrected chi connectivity index (χ1v) is 7.06. The van der Waals surface area contributed by atoms with Crippen molar-refractivity contribution in [2.45, 2.75) is 26.0 Å². The number of nitrogens with one attached hydrogen (secondary N) is 1. The highest BCUT2D eigenvalue weighted by molar-refractivity contribution is 5.55. The lowest BCUT2D eigenvalue weighted by Crippen LogP contribution is -2.35. The average molecular weight is 295 g/mol. The van der Waals surface area contributed by atoms with E-state index in [0.717, 1.165) is 5.56 Å². The van der Waals surface area contributed by atoms with Crippen molar-refractivity contribution in [3.05, 3.63) is 29.8 Å². The lowest BCUT2D eigenvalue weighted by atomic mass is 10.2. The van der Waals surface area contributed by atoms with Gasteiger partial charge < -0.3 is 25.0 Å².